The summed E-state index contributed by atoms with van der Waals surface area (Å²) in [6, 6.07) is 17.2. The molecule has 1 N–H and O–H groups in total. The fourth-order valence-corrected chi connectivity index (χ4v) is 3.61. The van der Waals surface area contributed by atoms with Crippen molar-refractivity contribution in [1.82, 2.24) is 4.90 Å². The van der Waals surface area contributed by atoms with Crippen LogP contribution in [0.25, 0.3) is 0 Å². The molecule has 2 aromatic carbocycles. The SMILES string of the molecule is CC(C)C(SCc1ccccc1)C(=O)Nc1ccc(OCC(=O)N(C)C)cc1. The van der Waals surface area contributed by atoms with Crippen molar-refractivity contribution in [1.29, 1.82) is 0 Å². The number of thioether (sulfide) groups is 1. The third-order valence-electron chi connectivity index (χ3n) is 4.12. The van der Waals surface area contributed by atoms with Crippen LogP contribution in [-0.4, -0.2) is 42.7 Å². The molecule has 1 atom stereocenters. The van der Waals surface area contributed by atoms with Crippen LogP contribution in [0.4, 0.5) is 5.69 Å². The Labute approximate surface area is 171 Å². The number of benzene rings is 2. The highest BCUT2D eigenvalue weighted by atomic mass is 32.2. The van der Waals surface area contributed by atoms with E-state index >= 15 is 0 Å². The molecule has 2 rings (SSSR count). The second kappa shape index (κ2) is 10.8. The van der Waals surface area contributed by atoms with Crippen LogP contribution in [0.5, 0.6) is 5.75 Å². The lowest BCUT2D eigenvalue weighted by Gasteiger charge is -2.20. The molecule has 0 saturated heterocycles. The van der Waals surface area contributed by atoms with E-state index in [1.807, 2.05) is 18.2 Å². The number of nitrogens with zero attached hydrogens (tertiary/aromatic N) is 1. The van der Waals surface area contributed by atoms with Crippen LogP contribution in [0.1, 0.15) is 19.4 Å². The summed E-state index contributed by atoms with van der Waals surface area (Å²) in [6.45, 7) is 4.10. The zero-order chi connectivity index (χ0) is 20.5. The van der Waals surface area contributed by atoms with E-state index in [1.54, 1.807) is 50.1 Å². The molecule has 0 saturated carbocycles. The van der Waals surface area contributed by atoms with Gasteiger partial charge in [-0.25, -0.2) is 0 Å². The van der Waals surface area contributed by atoms with E-state index in [-0.39, 0.29) is 29.6 Å². The van der Waals surface area contributed by atoms with E-state index in [0.717, 1.165) is 5.75 Å². The van der Waals surface area contributed by atoms with Crippen LogP contribution in [0.15, 0.2) is 54.6 Å². The molecule has 0 radical (unpaired) electrons. The van der Waals surface area contributed by atoms with Crippen molar-refractivity contribution in [2.75, 3.05) is 26.0 Å². The second-order valence-electron chi connectivity index (χ2n) is 7.05. The van der Waals surface area contributed by atoms with Crippen LogP contribution in [0.2, 0.25) is 0 Å². The van der Waals surface area contributed by atoms with E-state index in [1.165, 1.54) is 10.5 Å². The molecule has 0 aliphatic rings. The quantitative estimate of drug-likeness (QED) is 0.690. The molecule has 28 heavy (non-hydrogen) atoms. The van der Waals surface area contributed by atoms with Gasteiger partial charge >= 0.3 is 0 Å². The molecule has 5 nitrogen and oxygen atoms in total. The van der Waals surface area contributed by atoms with Crippen LogP contribution >= 0.6 is 11.8 Å². The van der Waals surface area contributed by atoms with Gasteiger partial charge in [0, 0.05) is 25.5 Å². The first-order valence-corrected chi connectivity index (χ1v) is 10.3. The molecule has 2 aromatic rings. The summed E-state index contributed by atoms with van der Waals surface area (Å²) < 4.78 is 5.45. The van der Waals surface area contributed by atoms with Gasteiger partial charge in [-0.2, -0.15) is 0 Å². The standard InChI is InChI=1S/C22H28N2O3S/c1-16(2)21(28-15-17-8-6-5-7-9-17)22(26)23-18-10-12-19(13-11-18)27-14-20(25)24(3)4/h5-13,16,21H,14-15H2,1-4H3,(H,23,26). The molecule has 0 fully saturated rings. The Morgan fingerprint density at radius 2 is 1.68 bits per heavy atom. The van der Waals surface area contributed by atoms with Gasteiger partial charge in [0.2, 0.25) is 5.91 Å². The largest absolute Gasteiger partial charge is 0.484 e. The second-order valence-corrected chi connectivity index (χ2v) is 8.18. The summed E-state index contributed by atoms with van der Waals surface area (Å²) in [4.78, 5) is 25.8. The average molecular weight is 401 g/mol. The van der Waals surface area contributed by atoms with Gasteiger partial charge in [0.05, 0.1) is 5.25 Å². The minimum absolute atomic E-state index is 0.00705. The Hall–Kier alpha value is -2.47. The molecule has 150 valence electrons. The first-order valence-electron chi connectivity index (χ1n) is 9.26. The van der Waals surface area contributed by atoms with Crippen molar-refractivity contribution in [3.8, 4) is 5.75 Å². The zero-order valence-electron chi connectivity index (χ0n) is 16.8. The Balaban J connectivity index is 1.90. The Kier molecular flexibility index (Phi) is 8.39. The van der Waals surface area contributed by atoms with Gasteiger partial charge in [0.15, 0.2) is 6.61 Å². The molecule has 1 unspecified atom stereocenters. The van der Waals surface area contributed by atoms with Crippen molar-refractivity contribution < 1.29 is 14.3 Å². The maximum absolute atomic E-state index is 12.7. The molecule has 0 aromatic heterocycles. The normalized spacial score (nSPS) is 11.8. The van der Waals surface area contributed by atoms with Gasteiger partial charge < -0.3 is 15.0 Å². The van der Waals surface area contributed by atoms with Crippen LogP contribution in [0, 0.1) is 5.92 Å². The summed E-state index contributed by atoms with van der Waals surface area (Å²) >= 11 is 1.65. The number of hydrogen-bond acceptors (Lipinski definition) is 4. The predicted octanol–water partition coefficient (Wildman–Crippen LogP) is 4.05. The molecule has 0 aliphatic heterocycles. The first kappa shape index (κ1) is 21.8. The minimum Gasteiger partial charge on any atom is -0.484 e. The monoisotopic (exact) mass is 400 g/mol. The highest BCUT2D eigenvalue weighted by Crippen LogP contribution is 2.25. The molecule has 6 heteroatoms. The highest BCUT2D eigenvalue weighted by Gasteiger charge is 2.23. The first-order chi connectivity index (χ1) is 13.4. The fraction of sp³-hybridized carbons (Fsp3) is 0.364. The lowest BCUT2D eigenvalue weighted by Crippen LogP contribution is -2.29. The summed E-state index contributed by atoms with van der Waals surface area (Å²) in [7, 11) is 3.37. The van der Waals surface area contributed by atoms with Gasteiger partial charge in [-0.05, 0) is 35.7 Å². The third kappa shape index (κ3) is 6.93. The predicted molar refractivity (Wildman–Crippen MR) is 116 cm³/mol. The highest BCUT2D eigenvalue weighted by molar-refractivity contribution is 7.99. The molecule has 2 amide bonds. The van der Waals surface area contributed by atoms with Crippen molar-refractivity contribution in [2.24, 2.45) is 5.92 Å². The van der Waals surface area contributed by atoms with Crippen LogP contribution in [-0.2, 0) is 15.3 Å². The molecule has 0 bridgehead atoms. The van der Waals surface area contributed by atoms with Gasteiger partial charge in [-0.1, -0.05) is 44.2 Å². The van der Waals surface area contributed by atoms with Gasteiger partial charge in [-0.15, -0.1) is 11.8 Å². The van der Waals surface area contributed by atoms with Gasteiger partial charge in [0.1, 0.15) is 5.75 Å². The van der Waals surface area contributed by atoms with Crippen LogP contribution < -0.4 is 10.1 Å². The molecular formula is C22H28N2O3S. The van der Waals surface area contributed by atoms with Crippen LogP contribution in [0.3, 0.4) is 0 Å². The minimum atomic E-state index is -0.145. The van der Waals surface area contributed by atoms with Crippen molar-refractivity contribution in [3.63, 3.8) is 0 Å². The van der Waals surface area contributed by atoms with E-state index < -0.39 is 0 Å². The topological polar surface area (TPSA) is 58.6 Å². The summed E-state index contributed by atoms with van der Waals surface area (Å²) in [5, 5.41) is 2.83. The summed E-state index contributed by atoms with van der Waals surface area (Å²) in [5.41, 5.74) is 1.92. The van der Waals surface area contributed by atoms with E-state index in [0.29, 0.717) is 11.4 Å². The van der Waals surface area contributed by atoms with E-state index in [9.17, 15) is 9.59 Å². The number of carbonyl (C=O) groups excluding carboxylic acids is 2. The number of hydrogen-bond donors (Lipinski definition) is 1. The summed E-state index contributed by atoms with van der Waals surface area (Å²) in [6.07, 6.45) is 0. The van der Waals surface area contributed by atoms with Gasteiger partial charge in [0.25, 0.3) is 5.91 Å². The number of rotatable bonds is 9. The van der Waals surface area contributed by atoms with E-state index in [4.69, 9.17) is 4.74 Å². The van der Waals surface area contributed by atoms with Crippen molar-refractivity contribution in [3.05, 3.63) is 60.2 Å². The van der Waals surface area contributed by atoms with Crippen molar-refractivity contribution >= 4 is 29.3 Å². The van der Waals surface area contributed by atoms with Gasteiger partial charge in [-0.3, -0.25) is 9.59 Å². The average Bonchev–Trinajstić information content (AvgIpc) is 2.67. The lowest BCUT2D eigenvalue weighted by molar-refractivity contribution is -0.130. The Morgan fingerprint density at radius 3 is 2.25 bits per heavy atom. The summed E-state index contributed by atoms with van der Waals surface area (Å²) in [5.74, 6) is 1.49. The maximum atomic E-state index is 12.7. The molecular weight excluding hydrogens is 372 g/mol. The zero-order valence-corrected chi connectivity index (χ0v) is 17.7. The smallest absolute Gasteiger partial charge is 0.259 e. The fourth-order valence-electron chi connectivity index (χ4n) is 2.45. The Bertz CT molecular complexity index is 761. The number of amides is 2. The van der Waals surface area contributed by atoms with E-state index in [2.05, 4.69) is 31.3 Å². The number of carbonyl (C=O) groups is 2. The number of ether oxygens (including phenoxy) is 1. The number of nitrogens with one attached hydrogen (secondary N) is 1. The molecule has 0 heterocycles. The third-order valence-corrected chi connectivity index (χ3v) is 5.74. The number of anilines is 1. The lowest BCUT2D eigenvalue weighted by atomic mass is 10.1. The molecule has 0 spiro atoms. The molecule has 0 aliphatic carbocycles. The number of likely N-dealkylation sites (N-methyl/N-ethyl adjacent to an activating group) is 1. The van der Waals surface area contributed by atoms with Crippen molar-refractivity contribution in [2.45, 2.75) is 24.9 Å². The maximum Gasteiger partial charge on any atom is 0.259 e. The Morgan fingerprint density at radius 1 is 1.04 bits per heavy atom.